The molecule has 0 fully saturated rings. The van der Waals surface area contributed by atoms with Crippen LogP contribution >= 0.6 is 0 Å². The van der Waals surface area contributed by atoms with Gasteiger partial charge in [0, 0.05) is 18.5 Å². The molecule has 5 nitrogen and oxygen atoms in total. The first-order valence-electron chi connectivity index (χ1n) is 6.40. The molecule has 0 radical (unpaired) electrons. The zero-order chi connectivity index (χ0) is 13.7. The van der Waals surface area contributed by atoms with Crippen molar-refractivity contribution in [1.29, 1.82) is 0 Å². The lowest BCUT2D eigenvalue weighted by Crippen LogP contribution is -2.26. The molecule has 0 atom stereocenters. The summed E-state index contributed by atoms with van der Waals surface area (Å²) in [7, 11) is 0. The van der Waals surface area contributed by atoms with E-state index in [2.05, 4.69) is 5.32 Å². The first-order chi connectivity index (χ1) is 9.20. The number of amides is 1. The Morgan fingerprint density at radius 3 is 3.05 bits per heavy atom. The molecule has 2 rings (SSSR count). The second kappa shape index (κ2) is 6.22. The van der Waals surface area contributed by atoms with Crippen molar-refractivity contribution in [3.63, 3.8) is 0 Å². The van der Waals surface area contributed by atoms with Gasteiger partial charge in [-0.25, -0.2) is 0 Å². The maximum Gasteiger partial charge on any atom is 0.307 e. The molecule has 1 N–H and O–H groups in total. The fourth-order valence-electron chi connectivity index (χ4n) is 1.94. The highest BCUT2D eigenvalue weighted by Crippen LogP contribution is 2.25. The van der Waals surface area contributed by atoms with Crippen LogP contribution in [0.5, 0.6) is 5.75 Å². The highest BCUT2D eigenvalue weighted by atomic mass is 16.5. The zero-order valence-corrected chi connectivity index (χ0v) is 10.9. The smallest absolute Gasteiger partial charge is 0.307 e. The Kier molecular flexibility index (Phi) is 4.39. The lowest BCUT2D eigenvalue weighted by Gasteiger charge is -2.06. The first kappa shape index (κ1) is 13.4. The SMILES string of the molecule is CCOC(=O)CCNC(=O)c1ccc2c(c1)CCO2. The van der Waals surface area contributed by atoms with Crippen molar-refractivity contribution in [2.45, 2.75) is 19.8 Å². The van der Waals surface area contributed by atoms with Crippen molar-refractivity contribution >= 4 is 11.9 Å². The average Bonchev–Trinajstić information content (AvgIpc) is 2.86. The van der Waals surface area contributed by atoms with Gasteiger partial charge in [-0.05, 0) is 30.7 Å². The number of rotatable bonds is 5. The van der Waals surface area contributed by atoms with Gasteiger partial charge in [-0.15, -0.1) is 0 Å². The van der Waals surface area contributed by atoms with E-state index in [1.165, 1.54) is 0 Å². The fraction of sp³-hybridized carbons (Fsp3) is 0.429. The number of fused-ring (bicyclic) bond motifs is 1. The number of benzene rings is 1. The topological polar surface area (TPSA) is 64.6 Å². The summed E-state index contributed by atoms with van der Waals surface area (Å²) in [5, 5.41) is 2.70. The molecule has 1 aliphatic rings. The minimum Gasteiger partial charge on any atom is -0.493 e. The molecule has 5 heteroatoms. The number of carbonyl (C=O) groups excluding carboxylic acids is 2. The molecule has 0 aliphatic carbocycles. The Labute approximate surface area is 111 Å². The van der Waals surface area contributed by atoms with Crippen LogP contribution in [-0.4, -0.2) is 31.6 Å². The number of hydrogen-bond acceptors (Lipinski definition) is 4. The summed E-state index contributed by atoms with van der Waals surface area (Å²) in [4.78, 5) is 23.0. The normalized spacial score (nSPS) is 12.5. The molecule has 1 aliphatic heterocycles. The van der Waals surface area contributed by atoms with Gasteiger partial charge in [0.1, 0.15) is 5.75 Å². The zero-order valence-electron chi connectivity index (χ0n) is 10.9. The van der Waals surface area contributed by atoms with E-state index >= 15 is 0 Å². The van der Waals surface area contributed by atoms with Crippen molar-refractivity contribution in [3.05, 3.63) is 29.3 Å². The van der Waals surface area contributed by atoms with Crippen LogP contribution in [0.3, 0.4) is 0 Å². The first-order valence-corrected chi connectivity index (χ1v) is 6.40. The molecule has 19 heavy (non-hydrogen) atoms. The fourth-order valence-corrected chi connectivity index (χ4v) is 1.94. The van der Waals surface area contributed by atoms with Crippen LogP contribution in [0.1, 0.15) is 29.3 Å². The molecule has 1 aromatic rings. The van der Waals surface area contributed by atoms with E-state index in [0.717, 1.165) is 17.7 Å². The van der Waals surface area contributed by atoms with E-state index in [9.17, 15) is 9.59 Å². The van der Waals surface area contributed by atoms with E-state index in [-0.39, 0.29) is 24.8 Å². The quantitative estimate of drug-likeness (QED) is 0.813. The van der Waals surface area contributed by atoms with E-state index in [0.29, 0.717) is 18.8 Å². The van der Waals surface area contributed by atoms with Crippen LogP contribution in [0.4, 0.5) is 0 Å². The standard InChI is InChI=1S/C14H17NO4/c1-2-18-13(16)5-7-15-14(17)11-3-4-12-10(9-11)6-8-19-12/h3-4,9H,2,5-8H2,1H3,(H,15,17). The number of ether oxygens (including phenoxy) is 2. The minimum absolute atomic E-state index is 0.181. The van der Waals surface area contributed by atoms with Gasteiger partial charge in [-0.3, -0.25) is 9.59 Å². The summed E-state index contributed by atoms with van der Waals surface area (Å²) in [6, 6.07) is 5.37. The van der Waals surface area contributed by atoms with Crippen molar-refractivity contribution in [2.24, 2.45) is 0 Å². The van der Waals surface area contributed by atoms with Crippen LogP contribution < -0.4 is 10.1 Å². The highest BCUT2D eigenvalue weighted by Gasteiger charge is 2.15. The second-order valence-electron chi connectivity index (χ2n) is 4.23. The second-order valence-corrected chi connectivity index (χ2v) is 4.23. The van der Waals surface area contributed by atoms with Gasteiger partial charge in [-0.2, -0.15) is 0 Å². The molecule has 1 aromatic carbocycles. The Balaban J connectivity index is 1.85. The summed E-state index contributed by atoms with van der Waals surface area (Å²) in [6.07, 6.45) is 1.02. The van der Waals surface area contributed by atoms with E-state index < -0.39 is 0 Å². The lowest BCUT2D eigenvalue weighted by molar-refractivity contribution is -0.142. The highest BCUT2D eigenvalue weighted by molar-refractivity contribution is 5.94. The van der Waals surface area contributed by atoms with Crippen molar-refractivity contribution in [1.82, 2.24) is 5.32 Å². The summed E-state index contributed by atoms with van der Waals surface area (Å²) >= 11 is 0. The third-order valence-electron chi connectivity index (χ3n) is 2.87. The molecular weight excluding hydrogens is 246 g/mol. The van der Waals surface area contributed by atoms with Crippen molar-refractivity contribution in [2.75, 3.05) is 19.8 Å². The molecule has 0 unspecified atom stereocenters. The Hall–Kier alpha value is -2.04. The van der Waals surface area contributed by atoms with Crippen LogP contribution in [0.2, 0.25) is 0 Å². The lowest BCUT2D eigenvalue weighted by atomic mass is 10.1. The Morgan fingerprint density at radius 2 is 2.26 bits per heavy atom. The minimum atomic E-state index is -0.301. The maximum absolute atomic E-state index is 11.9. The molecule has 102 valence electrons. The van der Waals surface area contributed by atoms with Gasteiger partial charge in [0.05, 0.1) is 19.6 Å². The van der Waals surface area contributed by atoms with E-state index in [1.807, 2.05) is 12.1 Å². The Bertz CT molecular complexity index is 484. The predicted octanol–water partition coefficient (Wildman–Crippen LogP) is 1.30. The summed E-state index contributed by atoms with van der Waals surface area (Å²) in [5.41, 5.74) is 1.64. The molecule has 1 amide bonds. The molecule has 0 spiro atoms. The Morgan fingerprint density at radius 1 is 1.42 bits per heavy atom. The molecule has 0 bridgehead atoms. The summed E-state index contributed by atoms with van der Waals surface area (Å²) in [5.74, 6) is 0.368. The monoisotopic (exact) mass is 263 g/mol. The van der Waals surface area contributed by atoms with Crippen molar-refractivity contribution in [3.8, 4) is 5.75 Å². The largest absolute Gasteiger partial charge is 0.493 e. The van der Waals surface area contributed by atoms with Gasteiger partial charge in [0.15, 0.2) is 0 Å². The van der Waals surface area contributed by atoms with Crippen molar-refractivity contribution < 1.29 is 19.1 Å². The van der Waals surface area contributed by atoms with Gasteiger partial charge in [0.25, 0.3) is 5.91 Å². The molecule has 1 heterocycles. The maximum atomic E-state index is 11.9. The summed E-state index contributed by atoms with van der Waals surface area (Å²) in [6.45, 7) is 3.06. The molecule has 0 saturated carbocycles. The number of hydrogen-bond donors (Lipinski definition) is 1. The number of esters is 1. The number of carbonyl (C=O) groups is 2. The predicted molar refractivity (Wildman–Crippen MR) is 69.2 cm³/mol. The third-order valence-corrected chi connectivity index (χ3v) is 2.87. The third kappa shape index (κ3) is 3.47. The average molecular weight is 263 g/mol. The molecule has 0 aromatic heterocycles. The van der Waals surface area contributed by atoms with Crippen LogP contribution in [-0.2, 0) is 16.0 Å². The van der Waals surface area contributed by atoms with Gasteiger partial charge in [0.2, 0.25) is 0 Å². The van der Waals surface area contributed by atoms with Crippen LogP contribution in [0, 0.1) is 0 Å². The van der Waals surface area contributed by atoms with Gasteiger partial charge in [-0.1, -0.05) is 0 Å². The van der Waals surface area contributed by atoms with E-state index in [1.54, 1.807) is 13.0 Å². The van der Waals surface area contributed by atoms with Gasteiger partial charge >= 0.3 is 5.97 Å². The van der Waals surface area contributed by atoms with Gasteiger partial charge < -0.3 is 14.8 Å². The van der Waals surface area contributed by atoms with E-state index in [4.69, 9.17) is 9.47 Å². The van der Waals surface area contributed by atoms with Crippen LogP contribution in [0.25, 0.3) is 0 Å². The summed E-state index contributed by atoms with van der Waals surface area (Å²) < 4.78 is 10.2. The molecular formula is C14H17NO4. The van der Waals surface area contributed by atoms with Crippen LogP contribution in [0.15, 0.2) is 18.2 Å². The number of nitrogens with one attached hydrogen (secondary N) is 1. The molecule has 0 saturated heterocycles.